The standard InChI is InChI=1S/C27H20N4O4.C24H15F3N4O2.C24H17N5O6S.C23H14Cl2N4O2/c1-15-5-10-19(22(32)14-15)25-29-24(16-6-8-17(9-7-16)27(34)35-2)30-26(31-25)20-11-12-21-18(23(20)33)4-3-13-28-21;1-13-6-8-17(20(33)10-13)23-30-21(29-22(31-23)16-4-2-3-5-19(16)32)15-9-7-14(12-28)11-18(15)24(25,26)27;1-13-7-9-16(19(31)11-13)23-26-22(15-5-3-4-6-18(15)30)27-24(28-23)17-10-8-14(12-25)21(36(2,34)35)20(17)29(32)33;1-12-6-7-15(20(31)8-12)23-28-21(13-9-17(24)16(11-26)18(25)10-13)27-22(29-23)14-4-2-3-5-19(14)30/h3-14,32-33H,1-2H3;2-11,32-33H,1H3;3-11,30-31H,1-2H3;2-10,30-31H,1H3. The summed E-state index contributed by atoms with van der Waals surface area (Å²) in [6.07, 6.45) is -2.37. The normalized spacial score (nSPS) is 11.0. The van der Waals surface area contributed by atoms with E-state index in [1.165, 1.54) is 73.8 Å². The fourth-order valence-electron chi connectivity index (χ4n) is 13.7. The number of hydrogen-bond donors (Lipinski definition) is 8. The van der Waals surface area contributed by atoms with Gasteiger partial charge in [0.05, 0.1) is 112 Å². The highest BCUT2D eigenvalue weighted by atomic mass is 35.5. The molecular formula is C98H66Cl2F3N17O14S. The van der Waals surface area contributed by atoms with Crippen molar-refractivity contribution in [2.24, 2.45) is 0 Å². The molecule has 0 aliphatic heterocycles. The first-order chi connectivity index (χ1) is 64.5. The molecule has 0 spiro atoms. The van der Waals surface area contributed by atoms with Crippen LogP contribution in [0.15, 0.2) is 248 Å². The average Bonchev–Trinajstić information content (AvgIpc) is 0.620. The highest BCUT2D eigenvalue weighted by Crippen LogP contribution is 2.45. The van der Waals surface area contributed by atoms with E-state index in [0.29, 0.717) is 55.7 Å². The van der Waals surface area contributed by atoms with Crippen molar-refractivity contribution in [1.29, 1.82) is 15.8 Å². The van der Waals surface area contributed by atoms with Gasteiger partial charge in [-0.05, 0) is 214 Å². The molecule has 17 rings (SSSR count). The number of methoxy groups -OCH3 is 1. The van der Waals surface area contributed by atoms with E-state index in [0.717, 1.165) is 46.7 Å². The zero-order valence-electron chi connectivity index (χ0n) is 71.0. The molecule has 0 aliphatic carbocycles. The predicted molar refractivity (Wildman–Crippen MR) is 492 cm³/mol. The van der Waals surface area contributed by atoms with Crippen LogP contribution in [0.3, 0.4) is 0 Å². The number of halogens is 5. The van der Waals surface area contributed by atoms with Crippen LogP contribution in [0.1, 0.15) is 54.9 Å². The minimum atomic E-state index is -4.78. The number of rotatable bonds is 15. The second kappa shape index (κ2) is 39.2. The zero-order chi connectivity index (χ0) is 96.6. The number of ether oxygens (including phenoxy) is 1. The van der Waals surface area contributed by atoms with Gasteiger partial charge in [-0.25, -0.2) is 73.0 Å². The SMILES string of the molecule is COC(=O)c1ccc(-c2nc(-c3ccc(C)cc3O)nc(-c3ccc4ncccc4c3O)n2)cc1.Cc1ccc(-c2nc(-c3cc(Cl)c(C#N)c(Cl)c3)nc(-c3ccccc3O)n2)c(O)c1.Cc1ccc(-c2nc(-c3ccccc3O)nc(-c3ccc(C#N)c(S(C)(=O)=O)c3[N+](=O)[O-])n2)c(O)c1.Cc1ccc(-c2nc(-c3ccccc3O)nc(-c3ccc(C#N)cc3C(F)(F)F)n2)c(O)c1. The quantitative estimate of drug-likeness (QED) is 0.0268. The Balaban J connectivity index is 0.000000144. The Morgan fingerprint density at radius 2 is 0.763 bits per heavy atom. The summed E-state index contributed by atoms with van der Waals surface area (Å²) < 4.78 is 71.1. The number of nitro benzene ring substituents is 1. The van der Waals surface area contributed by atoms with Gasteiger partial charge in [0.15, 0.2) is 84.6 Å². The van der Waals surface area contributed by atoms with Gasteiger partial charge >= 0.3 is 12.1 Å². The number of para-hydroxylation sites is 3. The molecule has 8 N–H and O–H groups in total. The minimum absolute atomic E-state index is 0.00498. The molecule has 0 unspecified atom stereocenters. The van der Waals surface area contributed by atoms with E-state index >= 15 is 0 Å². The van der Waals surface area contributed by atoms with Crippen molar-refractivity contribution < 1.29 is 76.9 Å². The van der Waals surface area contributed by atoms with E-state index in [-0.39, 0.29) is 165 Å². The number of alkyl halides is 3. The molecule has 17 aromatic rings. The number of fused-ring (bicyclic) bond motifs is 1. The molecule has 0 fully saturated rings. The maximum Gasteiger partial charge on any atom is 0.417 e. The van der Waals surface area contributed by atoms with E-state index in [1.807, 2.05) is 32.0 Å². The van der Waals surface area contributed by atoms with E-state index in [9.17, 15) is 87.9 Å². The first-order valence-corrected chi connectivity index (χ1v) is 42.4. The molecule has 12 aromatic carbocycles. The summed E-state index contributed by atoms with van der Waals surface area (Å²) >= 11 is 12.4. The summed E-state index contributed by atoms with van der Waals surface area (Å²) in [5, 5.41) is 124. The van der Waals surface area contributed by atoms with E-state index in [1.54, 1.807) is 172 Å². The summed E-state index contributed by atoms with van der Waals surface area (Å²) in [5.41, 5.74) is 4.69. The monoisotopic (exact) mass is 1860 g/mol. The van der Waals surface area contributed by atoms with E-state index < -0.39 is 48.6 Å². The molecule has 0 amide bonds. The molecule has 0 bridgehead atoms. The lowest BCUT2D eigenvalue weighted by Crippen LogP contribution is -2.10. The summed E-state index contributed by atoms with van der Waals surface area (Å²) in [4.78, 5) is 79.3. The van der Waals surface area contributed by atoms with Crippen molar-refractivity contribution in [1.82, 2.24) is 64.8 Å². The molecule has 668 valence electrons. The number of nitro groups is 1. The number of hydrogen-bond acceptors (Lipinski definition) is 30. The lowest BCUT2D eigenvalue weighted by Gasteiger charge is -2.14. The first-order valence-electron chi connectivity index (χ1n) is 39.8. The Morgan fingerprint density at radius 3 is 1.13 bits per heavy atom. The number of esters is 1. The van der Waals surface area contributed by atoms with Crippen LogP contribution in [0.25, 0.3) is 148 Å². The molecule has 135 heavy (non-hydrogen) atoms. The molecule has 0 radical (unpaired) electrons. The van der Waals surface area contributed by atoms with Gasteiger partial charge in [-0.15, -0.1) is 0 Å². The number of sulfone groups is 1. The number of aromatic hydroxyl groups is 8. The first kappa shape index (κ1) is 93.3. The van der Waals surface area contributed by atoms with Crippen LogP contribution >= 0.6 is 23.2 Å². The van der Waals surface area contributed by atoms with Gasteiger partial charge in [0, 0.05) is 34.5 Å². The van der Waals surface area contributed by atoms with Crippen molar-refractivity contribution in [2.45, 2.75) is 38.8 Å². The number of benzene rings is 12. The van der Waals surface area contributed by atoms with Crippen LogP contribution in [0.4, 0.5) is 18.9 Å². The molecule has 0 atom stereocenters. The average molecular weight is 1870 g/mol. The third kappa shape index (κ3) is 20.6. The fourth-order valence-corrected chi connectivity index (χ4v) is 15.3. The summed E-state index contributed by atoms with van der Waals surface area (Å²) in [6, 6.07) is 66.0. The lowest BCUT2D eigenvalue weighted by molar-refractivity contribution is -0.387. The van der Waals surface area contributed by atoms with E-state index in [2.05, 4.69) is 64.8 Å². The molecule has 0 saturated heterocycles. The Hall–Kier alpha value is -17.9. The minimum Gasteiger partial charge on any atom is -0.507 e. The molecule has 0 aliphatic rings. The van der Waals surface area contributed by atoms with Gasteiger partial charge in [0.25, 0.3) is 5.69 Å². The highest BCUT2D eigenvalue weighted by Gasteiger charge is 2.37. The van der Waals surface area contributed by atoms with Gasteiger partial charge in [0.1, 0.15) is 58.1 Å². The number of aryl methyl sites for hydroxylation is 4. The smallest absolute Gasteiger partial charge is 0.417 e. The van der Waals surface area contributed by atoms with Crippen molar-refractivity contribution >= 4 is 55.6 Å². The second-order valence-electron chi connectivity index (χ2n) is 29.7. The van der Waals surface area contributed by atoms with Crippen LogP contribution in [0.2, 0.25) is 10.0 Å². The Labute approximate surface area is 774 Å². The summed E-state index contributed by atoms with van der Waals surface area (Å²) in [7, 11) is -2.89. The molecule has 0 saturated carbocycles. The zero-order valence-corrected chi connectivity index (χ0v) is 73.4. The number of nitriles is 3. The van der Waals surface area contributed by atoms with E-state index in [4.69, 9.17) is 33.2 Å². The largest absolute Gasteiger partial charge is 0.507 e. The van der Waals surface area contributed by atoms with Gasteiger partial charge in [-0.3, -0.25) is 15.1 Å². The van der Waals surface area contributed by atoms with Crippen molar-refractivity contribution in [3.05, 3.63) is 313 Å². The van der Waals surface area contributed by atoms with Crippen molar-refractivity contribution in [3.63, 3.8) is 0 Å². The molecule has 5 heterocycles. The predicted octanol–water partition coefficient (Wildman–Crippen LogP) is 20.0. The third-order valence-electron chi connectivity index (χ3n) is 20.3. The number of aromatic nitrogens is 13. The van der Waals surface area contributed by atoms with Crippen molar-refractivity contribution in [2.75, 3.05) is 13.4 Å². The van der Waals surface area contributed by atoms with Crippen LogP contribution in [-0.4, -0.2) is 138 Å². The number of carbonyl (C=O) groups is 1. The Bertz CT molecular complexity index is 7880. The van der Waals surface area contributed by atoms with Gasteiger partial charge < -0.3 is 45.6 Å². The maximum atomic E-state index is 13.8. The topological polar surface area (TPSA) is 504 Å². The lowest BCUT2D eigenvalue weighted by atomic mass is 10.0. The fraction of sp³-hybridized carbons (Fsp3) is 0.0714. The maximum absolute atomic E-state index is 13.8. The Morgan fingerprint density at radius 1 is 0.407 bits per heavy atom. The number of carbonyl (C=O) groups excluding carboxylic acids is 1. The number of phenolic OH excluding ortho intramolecular Hbond substituents is 8. The number of pyridine rings is 1. The second-order valence-corrected chi connectivity index (χ2v) is 32.5. The molecule has 31 nitrogen and oxygen atoms in total. The number of phenols is 8. The van der Waals surface area contributed by atoms with Crippen LogP contribution < -0.4 is 0 Å². The third-order valence-corrected chi connectivity index (χ3v) is 22.0. The summed E-state index contributed by atoms with van der Waals surface area (Å²) in [5.74, 6) is -0.618. The van der Waals surface area contributed by atoms with Crippen LogP contribution in [0, 0.1) is 71.8 Å². The summed E-state index contributed by atoms with van der Waals surface area (Å²) in [6.45, 7) is 7.26. The highest BCUT2D eigenvalue weighted by molar-refractivity contribution is 7.91. The molecule has 5 aromatic heterocycles. The van der Waals surface area contributed by atoms with Gasteiger partial charge in [0.2, 0.25) is 0 Å². The van der Waals surface area contributed by atoms with Crippen LogP contribution in [0.5, 0.6) is 46.0 Å². The van der Waals surface area contributed by atoms with Crippen molar-refractivity contribution in [3.8, 4) is 201 Å². The molecule has 37 heteroatoms. The van der Waals surface area contributed by atoms with Crippen LogP contribution in [-0.2, 0) is 20.8 Å². The van der Waals surface area contributed by atoms with Gasteiger partial charge in [-0.2, -0.15) is 29.0 Å². The van der Waals surface area contributed by atoms with Gasteiger partial charge in [-0.1, -0.05) is 96.0 Å². The Kier molecular flexibility index (Phi) is 27.1. The molecular weight excluding hydrogens is 1800 g/mol. The number of nitrogens with zero attached hydrogens (tertiary/aromatic N) is 17.